The molecule has 0 N–H and O–H groups in total. The van der Waals surface area contributed by atoms with E-state index in [4.69, 9.17) is 9.47 Å². The first-order chi connectivity index (χ1) is 8.06. The lowest BCUT2D eigenvalue weighted by Gasteiger charge is -2.16. The molecule has 0 aromatic heterocycles. The van der Waals surface area contributed by atoms with E-state index in [1.807, 2.05) is 0 Å². The summed E-state index contributed by atoms with van der Waals surface area (Å²) >= 11 is 0. The van der Waals surface area contributed by atoms with Gasteiger partial charge in [-0.3, -0.25) is 9.59 Å². The highest BCUT2D eigenvalue weighted by atomic mass is 16.6. The number of carbonyl (C=O) groups is 2. The molecule has 0 aliphatic carbocycles. The van der Waals surface area contributed by atoms with Crippen LogP contribution in [0, 0.1) is 0 Å². The molecule has 100 valence electrons. The number of unbranched alkanes of at least 4 members (excludes halogenated alkanes) is 3. The lowest BCUT2D eigenvalue weighted by molar-refractivity contribution is -0.148. The fourth-order valence-corrected chi connectivity index (χ4v) is 1.63. The number of hydrogen-bond donors (Lipinski definition) is 0. The quantitative estimate of drug-likeness (QED) is 0.462. The van der Waals surface area contributed by atoms with Gasteiger partial charge in [-0.15, -0.1) is 0 Å². The molecular weight excluding hydrogens is 220 g/mol. The fraction of sp³-hybridized carbons (Fsp3) is 0.846. The maximum atomic E-state index is 10.9. The Labute approximate surface area is 104 Å². The predicted octanol–water partition coefficient (Wildman–Crippen LogP) is 2.84. The zero-order chi connectivity index (χ0) is 13.1. The zero-order valence-corrected chi connectivity index (χ0v) is 11.2. The van der Waals surface area contributed by atoms with Gasteiger partial charge in [0.25, 0.3) is 0 Å². The largest absolute Gasteiger partial charge is 0.466 e. The van der Waals surface area contributed by atoms with Crippen LogP contribution in [-0.2, 0) is 19.1 Å². The molecule has 0 radical (unpaired) electrons. The van der Waals surface area contributed by atoms with Crippen molar-refractivity contribution in [2.45, 2.75) is 65.4 Å². The maximum absolute atomic E-state index is 10.9. The number of rotatable bonds is 9. The Hall–Kier alpha value is -1.06. The van der Waals surface area contributed by atoms with Gasteiger partial charge in [-0.05, 0) is 12.8 Å². The molecule has 0 unspecified atom stereocenters. The van der Waals surface area contributed by atoms with Gasteiger partial charge < -0.3 is 9.47 Å². The third-order valence-corrected chi connectivity index (χ3v) is 2.46. The van der Waals surface area contributed by atoms with Crippen LogP contribution in [0.2, 0.25) is 0 Å². The Kier molecular flexibility index (Phi) is 9.49. The summed E-state index contributed by atoms with van der Waals surface area (Å²) in [5, 5.41) is 0. The van der Waals surface area contributed by atoms with Crippen LogP contribution in [0.15, 0.2) is 0 Å². The second-order valence-corrected chi connectivity index (χ2v) is 4.21. The average molecular weight is 244 g/mol. The van der Waals surface area contributed by atoms with E-state index in [9.17, 15) is 9.59 Å². The minimum atomic E-state index is -0.294. The average Bonchev–Trinajstić information content (AvgIpc) is 2.22. The molecule has 4 heteroatoms. The first-order valence-corrected chi connectivity index (χ1v) is 6.36. The van der Waals surface area contributed by atoms with Crippen molar-refractivity contribution in [3.63, 3.8) is 0 Å². The van der Waals surface area contributed by atoms with Crippen molar-refractivity contribution in [1.82, 2.24) is 0 Å². The number of esters is 2. The molecule has 4 nitrogen and oxygen atoms in total. The number of ether oxygens (including phenoxy) is 2. The van der Waals surface area contributed by atoms with Gasteiger partial charge in [-0.1, -0.05) is 26.2 Å². The van der Waals surface area contributed by atoms with Gasteiger partial charge in [-0.25, -0.2) is 0 Å². The van der Waals surface area contributed by atoms with E-state index >= 15 is 0 Å². The van der Waals surface area contributed by atoms with Gasteiger partial charge in [0.2, 0.25) is 0 Å². The molecule has 0 aliphatic rings. The Balaban J connectivity index is 3.79. The third-order valence-electron chi connectivity index (χ3n) is 2.46. The molecule has 0 aromatic carbocycles. The maximum Gasteiger partial charge on any atom is 0.302 e. The van der Waals surface area contributed by atoms with Crippen molar-refractivity contribution < 1.29 is 19.1 Å². The second-order valence-electron chi connectivity index (χ2n) is 4.21. The molecule has 0 aliphatic heterocycles. The van der Waals surface area contributed by atoms with E-state index in [0.717, 1.165) is 19.3 Å². The van der Waals surface area contributed by atoms with Crippen molar-refractivity contribution >= 4 is 11.9 Å². The van der Waals surface area contributed by atoms with E-state index in [1.165, 1.54) is 26.7 Å². The summed E-state index contributed by atoms with van der Waals surface area (Å²) in [7, 11) is 0. The summed E-state index contributed by atoms with van der Waals surface area (Å²) in [4.78, 5) is 21.5. The summed E-state index contributed by atoms with van der Waals surface area (Å²) in [6.07, 6.45) is 5.91. The Morgan fingerprint density at radius 3 is 2.24 bits per heavy atom. The van der Waals surface area contributed by atoms with E-state index in [2.05, 4.69) is 6.92 Å². The Morgan fingerprint density at radius 1 is 1.00 bits per heavy atom. The van der Waals surface area contributed by atoms with E-state index < -0.39 is 0 Å². The summed E-state index contributed by atoms with van der Waals surface area (Å²) in [6.45, 7) is 5.26. The van der Waals surface area contributed by atoms with E-state index in [-0.39, 0.29) is 18.0 Å². The normalized spacial score (nSPS) is 11.9. The van der Waals surface area contributed by atoms with E-state index in [1.54, 1.807) is 0 Å². The SMILES string of the molecule is CCCCCC[C@H](CCOC(C)=O)OC(C)=O. The lowest BCUT2D eigenvalue weighted by Crippen LogP contribution is -2.19. The lowest BCUT2D eigenvalue weighted by atomic mass is 10.1. The van der Waals surface area contributed by atoms with Crippen LogP contribution >= 0.6 is 0 Å². The van der Waals surface area contributed by atoms with Crippen LogP contribution in [0.25, 0.3) is 0 Å². The minimum Gasteiger partial charge on any atom is -0.466 e. The Morgan fingerprint density at radius 2 is 1.71 bits per heavy atom. The van der Waals surface area contributed by atoms with Gasteiger partial charge in [-0.2, -0.15) is 0 Å². The van der Waals surface area contributed by atoms with Crippen LogP contribution in [0.1, 0.15) is 59.3 Å². The molecule has 0 amide bonds. The van der Waals surface area contributed by atoms with Crippen LogP contribution in [0.5, 0.6) is 0 Å². The second kappa shape index (κ2) is 10.1. The van der Waals surface area contributed by atoms with Crippen LogP contribution < -0.4 is 0 Å². The molecule has 1 atom stereocenters. The van der Waals surface area contributed by atoms with Crippen molar-refractivity contribution in [3.05, 3.63) is 0 Å². The number of carbonyl (C=O) groups excluding carboxylic acids is 2. The van der Waals surface area contributed by atoms with Crippen LogP contribution in [0.3, 0.4) is 0 Å². The fourth-order valence-electron chi connectivity index (χ4n) is 1.63. The van der Waals surface area contributed by atoms with Crippen molar-refractivity contribution in [1.29, 1.82) is 0 Å². The van der Waals surface area contributed by atoms with Gasteiger partial charge in [0.05, 0.1) is 6.61 Å². The molecule has 0 rings (SSSR count). The molecule has 0 bridgehead atoms. The first kappa shape index (κ1) is 15.9. The molecule has 17 heavy (non-hydrogen) atoms. The van der Waals surface area contributed by atoms with Gasteiger partial charge in [0.1, 0.15) is 6.10 Å². The molecule has 0 aromatic rings. The standard InChI is InChI=1S/C13H24O4/c1-4-5-6-7-8-13(17-12(3)15)9-10-16-11(2)14/h13H,4-10H2,1-3H3/t13-/m1/s1. The summed E-state index contributed by atoms with van der Waals surface area (Å²) in [6, 6.07) is 0. The van der Waals surface area contributed by atoms with Crippen molar-refractivity contribution in [3.8, 4) is 0 Å². The van der Waals surface area contributed by atoms with Crippen LogP contribution in [-0.4, -0.2) is 24.6 Å². The Bertz CT molecular complexity index is 225. The zero-order valence-electron chi connectivity index (χ0n) is 11.2. The molecule has 0 saturated carbocycles. The first-order valence-electron chi connectivity index (χ1n) is 6.36. The highest BCUT2D eigenvalue weighted by Crippen LogP contribution is 2.11. The summed E-state index contributed by atoms with van der Waals surface area (Å²) in [5.41, 5.74) is 0. The topological polar surface area (TPSA) is 52.6 Å². The predicted molar refractivity (Wildman–Crippen MR) is 65.6 cm³/mol. The van der Waals surface area contributed by atoms with Gasteiger partial charge >= 0.3 is 11.9 Å². The van der Waals surface area contributed by atoms with Crippen LogP contribution in [0.4, 0.5) is 0 Å². The summed E-state index contributed by atoms with van der Waals surface area (Å²) in [5.74, 6) is -0.564. The van der Waals surface area contributed by atoms with Crippen molar-refractivity contribution in [2.75, 3.05) is 6.61 Å². The van der Waals surface area contributed by atoms with E-state index in [0.29, 0.717) is 13.0 Å². The van der Waals surface area contributed by atoms with Crippen molar-refractivity contribution in [2.24, 2.45) is 0 Å². The highest BCUT2D eigenvalue weighted by molar-refractivity contribution is 5.66. The molecule has 0 saturated heterocycles. The molecular formula is C13H24O4. The molecule has 0 fully saturated rings. The number of hydrogen-bond acceptors (Lipinski definition) is 4. The highest BCUT2D eigenvalue weighted by Gasteiger charge is 2.12. The molecule has 0 heterocycles. The summed E-state index contributed by atoms with van der Waals surface area (Å²) < 4.78 is 10.0. The van der Waals surface area contributed by atoms with Gasteiger partial charge in [0, 0.05) is 20.3 Å². The minimum absolute atomic E-state index is 0.122. The molecule has 0 spiro atoms. The van der Waals surface area contributed by atoms with Gasteiger partial charge in [0.15, 0.2) is 0 Å². The third kappa shape index (κ3) is 11.2. The monoisotopic (exact) mass is 244 g/mol. The smallest absolute Gasteiger partial charge is 0.302 e.